The predicted octanol–water partition coefficient (Wildman–Crippen LogP) is 3.55. The summed E-state index contributed by atoms with van der Waals surface area (Å²) < 4.78 is 32.0. The summed E-state index contributed by atoms with van der Waals surface area (Å²) in [6.07, 6.45) is 0. The van der Waals surface area contributed by atoms with Gasteiger partial charge in [-0.05, 0) is 36.8 Å². The highest BCUT2D eigenvalue weighted by molar-refractivity contribution is 5.87. The lowest BCUT2D eigenvalue weighted by Crippen LogP contribution is -2.03. The van der Waals surface area contributed by atoms with Gasteiger partial charge in [-0.25, -0.2) is 13.6 Å². The molecule has 0 aromatic heterocycles. The van der Waals surface area contributed by atoms with Crippen molar-refractivity contribution in [2.24, 2.45) is 0 Å². The van der Waals surface area contributed by atoms with Crippen LogP contribution in [0.1, 0.15) is 21.5 Å². The van der Waals surface area contributed by atoms with Gasteiger partial charge in [-0.1, -0.05) is 6.07 Å². The molecule has 3 nitrogen and oxygen atoms in total. The Labute approximate surface area is 114 Å². The second-order valence-corrected chi connectivity index (χ2v) is 4.31. The van der Waals surface area contributed by atoms with E-state index in [0.29, 0.717) is 11.3 Å². The standard InChI is InChI=1S/C15H12F2O3/c1-9-2-4-12(16)7-14(9)20-8-11-6-10(15(18)19)3-5-13(11)17/h2-7H,8H2,1H3,(H,18,19). The minimum absolute atomic E-state index is 0.0269. The summed E-state index contributed by atoms with van der Waals surface area (Å²) in [5, 5.41) is 8.85. The first-order valence-corrected chi connectivity index (χ1v) is 5.88. The van der Waals surface area contributed by atoms with Gasteiger partial charge in [0.15, 0.2) is 0 Å². The number of halogens is 2. The molecule has 2 aromatic rings. The summed E-state index contributed by atoms with van der Waals surface area (Å²) in [7, 11) is 0. The lowest BCUT2D eigenvalue weighted by Gasteiger charge is -2.10. The van der Waals surface area contributed by atoms with E-state index in [-0.39, 0.29) is 17.7 Å². The van der Waals surface area contributed by atoms with Crippen LogP contribution in [0.5, 0.6) is 5.75 Å². The van der Waals surface area contributed by atoms with Crippen LogP contribution in [0, 0.1) is 18.6 Å². The SMILES string of the molecule is Cc1ccc(F)cc1OCc1cc(C(=O)O)ccc1F. The van der Waals surface area contributed by atoms with Gasteiger partial charge in [-0.3, -0.25) is 0 Å². The maximum atomic E-state index is 13.6. The van der Waals surface area contributed by atoms with Crippen molar-refractivity contribution in [3.05, 3.63) is 64.7 Å². The number of hydrogen-bond donors (Lipinski definition) is 1. The van der Waals surface area contributed by atoms with Crippen LogP contribution < -0.4 is 4.74 Å². The third kappa shape index (κ3) is 3.12. The van der Waals surface area contributed by atoms with Gasteiger partial charge in [0.2, 0.25) is 0 Å². The van der Waals surface area contributed by atoms with Gasteiger partial charge >= 0.3 is 5.97 Å². The largest absolute Gasteiger partial charge is 0.488 e. The zero-order chi connectivity index (χ0) is 14.7. The van der Waals surface area contributed by atoms with Gasteiger partial charge in [0.1, 0.15) is 24.0 Å². The molecule has 0 unspecified atom stereocenters. The number of carboxylic acid groups (broad SMARTS) is 1. The molecule has 0 atom stereocenters. The summed E-state index contributed by atoms with van der Waals surface area (Å²) in [6.45, 7) is 1.57. The third-order valence-corrected chi connectivity index (χ3v) is 2.83. The smallest absolute Gasteiger partial charge is 0.335 e. The van der Waals surface area contributed by atoms with E-state index >= 15 is 0 Å². The second kappa shape index (κ2) is 5.69. The number of hydrogen-bond acceptors (Lipinski definition) is 2. The van der Waals surface area contributed by atoms with Crippen LogP contribution in [0.25, 0.3) is 0 Å². The Kier molecular flexibility index (Phi) is 3.98. The molecule has 2 aromatic carbocycles. The van der Waals surface area contributed by atoms with Gasteiger partial charge in [-0.2, -0.15) is 0 Å². The molecule has 0 saturated heterocycles. The molecule has 1 N–H and O–H groups in total. The molecule has 0 saturated carbocycles. The molecule has 20 heavy (non-hydrogen) atoms. The van der Waals surface area contributed by atoms with Crippen LogP contribution in [0.4, 0.5) is 8.78 Å². The Bertz CT molecular complexity index is 654. The summed E-state index contributed by atoms with van der Waals surface area (Å²) in [6, 6.07) is 7.50. The molecule has 0 spiro atoms. The summed E-state index contributed by atoms with van der Waals surface area (Å²) in [5.74, 6) is -1.87. The van der Waals surface area contributed by atoms with Crippen molar-refractivity contribution in [3.63, 3.8) is 0 Å². The van der Waals surface area contributed by atoms with E-state index in [1.165, 1.54) is 24.3 Å². The van der Waals surface area contributed by atoms with Crippen LogP contribution in [0.2, 0.25) is 0 Å². The fourth-order valence-corrected chi connectivity index (χ4v) is 1.70. The zero-order valence-corrected chi connectivity index (χ0v) is 10.7. The zero-order valence-electron chi connectivity index (χ0n) is 10.7. The quantitative estimate of drug-likeness (QED) is 0.930. The average Bonchev–Trinajstić information content (AvgIpc) is 2.41. The first-order chi connectivity index (χ1) is 9.47. The van der Waals surface area contributed by atoms with Gasteiger partial charge in [0, 0.05) is 11.6 Å². The predicted molar refractivity (Wildman–Crippen MR) is 68.8 cm³/mol. The van der Waals surface area contributed by atoms with Crippen LogP contribution in [0.3, 0.4) is 0 Å². The summed E-state index contributed by atoms with van der Waals surface area (Å²) in [5.41, 5.74) is 0.788. The lowest BCUT2D eigenvalue weighted by atomic mass is 10.1. The normalized spacial score (nSPS) is 10.3. The van der Waals surface area contributed by atoms with Gasteiger partial charge in [0.05, 0.1) is 5.56 Å². The van der Waals surface area contributed by atoms with Crippen LogP contribution in [-0.4, -0.2) is 11.1 Å². The Morgan fingerprint density at radius 1 is 1.20 bits per heavy atom. The molecule has 2 rings (SSSR count). The molecule has 5 heteroatoms. The van der Waals surface area contributed by atoms with E-state index in [2.05, 4.69) is 0 Å². The minimum Gasteiger partial charge on any atom is -0.488 e. The molecule has 0 aliphatic heterocycles. The Morgan fingerprint density at radius 3 is 2.65 bits per heavy atom. The fourth-order valence-electron chi connectivity index (χ4n) is 1.70. The van der Waals surface area contributed by atoms with Crippen molar-refractivity contribution in [1.29, 1.82) is 0 Å². The van der Waals surface area contributed by atoms with E-state index < -0.39 is 17.6 Å². The number of aryl methyl sites for hydroxylation is 1. The van der Waals surface area contributed by atoms with Crippen molar-refractivity contribution in [2.75, 3.05) is 0 Å². The van der Waals surface area contributed by atoms with Crippen LogP contribution >= 0.6 is 0 Å². The van der Waals surface area contributed by atoms with Gasteiger partial charge in [0.25, 0.3) is 0 Å². The molecule has 0 aliphatic rings. The maximum absolute atomic E-state index is 13.6. The minimum atomic E-state index is -1.15. The lowest BCUT2D eigenvalue weighted by molar-refractivity contribution is 0.0696. The van der Waals surface area contributed by atoms with Crippen molar-refractivity contribution in [2.45, 2.75) is 13.5 Å². The molecule has 0 aliphatic carbocycles. The summed E-state index contributed by atoms with van der Waals surface area (Å²) in [4.78, 5) is 10.8. The monoisotopic (exact) mass is 278 g/mol. The molecule has 104 valence electrons. The highest BCUT2D eigenvalue weighted by atomic mass is 19.1. The Balaban J connectivity index is 2.20. The van der Waals surface area contributed by atoms with E-state index in [0.717, 1.165) is 6.07 Å². The van der Waals surface area contributed by atoms with Gasteiger partial charge in [-0.15, -0.1) is 0 Å². The molecular weight excluding hydrogens is 266 g/mol. The van der Waals surface area contributed by atoms with Gasteiger partial charge < -0.3 is 9.84 Å². The van der Waals surface area contributed by atoms with Crippen LogP contribution in [-0.2, 0) is 6.61 Å². The molecular formula is C15H12F2O3. The van der Waals surface area contributed by atoms with Crippen LogP contribution in [0.15, 0.2) is 36.4 Å². The van der Waals surface area contributed by atoms with E-state index in [9.17, 15) is 13.6 Å². The van der Waals surface area contributed by atoms with E-state index in [1.54, 1.807) is 13.0 Å². The number of aromatic carboxylic acids is 1. The van der Waals surface area contributed by atoms with E-state index in [4.69, 9.17) is 9.84 Å². The second-order valence-electron chi connectivity index (χ2n) is 4.31. The third-order valence-electron chi connectivity index (χ3n) is 2.83. The average molecular weight is 278 g/mol. The molecule has 0 fully saturated rings. The van der Waals surface area contributed by atoms with Crippen molar-refractivity contribution >= 4 is 5.97 Å². The summed E-state index contributed by atoms with van der Waals surface area (Å²) >= 11 is 0. The Morgan fingerprint density at radius 2 is 1.95 bits per heavy atom. The highest BCUT2D eigenvalue weighted by Gasteiger charge is 2.10. The molecule has 0 heterocycles. The fraction of sp³-hybridized carbons (Fsp3) is 0.133. The maximum Gasteiger partial charge on any atom is 0.335 e. The molecule has 0 bridgehead atoms. The first kappa shape index (κ1) is 14.0. The van der Waals surface area contributed by atoms with Crippen molar-refractivity contribution in [3.8, 4) is 5.75 Å². The van der Waals surface area contributed by atoms with Crippen molar-refractivity contribution < 1.29 is 23.4 Å². The van der Waals surface area contributed by atoms with Crippen molar-refractivity contribution in [1.82, 2.24) is 0 Å². The number of carboxylic acids is 1. The molecule has 0 amide bonds. The number of rotatable bonds is 4. The number of ether oxygens (including phenoxy) is 1. The molecule has 0 radical (unpaired) electrons. The number of benzene rings is 2. The number of carbonyl (C=O) groups is 1. The van der Waals surface area contributed by atoms with E-state index in [1.807, 2.05) is 0 Å². The topological polar surface area (TPSA) is 46.5 Å². The first-order valence-electron chi connectivity index (χ1n) is 5.88. The highest BCUT2D eigenvalue weighted by Crippen LogP contribution is 2.21. The Hall–Kier alpha value is -2.43.